The summed E-state index contributed by atoms with van der Waals surface area (Å²) in [4.78, 5) is 4.92. The minimum absolute atomic E-state index is 0.355. The van der Waals surface area contributed by atoms with Gasteiger partial charge in [-0.15, -0.1) is 0 Å². The van der Waals surface area contributed by atoms with Crippen molar-refractivity contribution in [2.45, 2.75) is 45.3 Å². The van der Waals surface area contributed by atoms with Crippen LogP contribution in [0, 0.1) is 0 Å². The van der Waals surface area contributed by atoms with Crippen molar-refractivity contribution in [3.8, 4) is 0 Å². The van der Waals surface area contributed by atoms with E-state index in [9.17, 15) is 5.11 Å². The maximum atomic E-state index is 10.6. The van der Waals surface area contributed by atoms with Gasteiger partial charge < -0.3 is 20.2 Å². The fraction of sp³-hybridized carbons (Fsp3) is 0.684. The Kier molecular flexibility index (Phi) is 5.57. The van der Waals surface area contributed by atoms with Crippen molar-refractivity contribution in [2.75, 3.05) is 44.2 Å². The maximum Gasteiger partial charge on any atom is 0.0803 e. The molecule has 1 aromatic carbocycles. The van der Waals surface area contributed by atoms with Crippen LogP contribution in [0.5, 0.6) is 0 Å². The molecule has 0 aromatic heterocycles. The normalized spacial score (nSPS) is 20.6. The van der Waals surface area contributed by atoms with E-state index in [2.05, 4.69) is 47.2 Å². The number of hydrogen-bond donors (Lipinski definition) is 2. The van der Waals surface area contributed by atoms with Crippen LogP contribution < -0.4 is 10.2 Å². The summed E-state index contributed by atoms with van der Waals surface area (Å²) in [5.74, 6) is 0. The van der Waals surface area contributed by atoms with E-state index >= 15 is 0 Å². The van der Waals surface area contributed by atoms with Gasteiger partial charge in [0.25, 0.3) is 0 Å². The molecule has 0 amide bonds. The van der Waals surface area contributed by atoms with Gasteiger partial charge in [0.15, 0.2) is 0 Å². The lowest BCUT2D eigenvalue weighted by Crippen LogP contribution is -2.44. The fourth-order valence-corrected chi connectivity index (χ4v) is 3.77. The molecule has 23 heavy (non-hydrogen) atoms. The molecule has 1 fully saturated rings. The zero-order valence-electron chi connectivity index (χ0n) is 14.6. The highest BCUT2D eigenvalue weighted by atomic mass is 16.3. The van der Waals surface area contributed by atoms with E-state index in [1.165, 1.54) is 17.7 Å². The maximum absolute atomic E-state index is 10.6. The van der Waals surface area contributed by atoms with E-state index in [0.717, 1.165) is 57.7 Å². The number of hydrogen-bond acceptors (Lipinski definition) is 4. The molecule has 1 saturated heterocycles. The molecule has 128 valence electrons. The Balaban J connectivity index is 1.66. The number of fused-ring (bicyclic) bond motifs is 1. The van der Waals surface area contributed by atoms with Gasteiger partial charge in [0.1, 0.15) is 0 Å². The molecule has 2 aliphatic heterocycles. The molecular weight excluding hydrogens is 286 g/mol. The number of nitrogens with zero attached hydrogens (tertiary/aromatic N) is 2. The number of anilines is 1. The van der Waals surface area contributed by atoms with E-state index in [4.69, 9.17) is 0 Å². The monoisotopic (exact) mass is 317 g/mol. The van der Waals surface area contributed by atoms with Gasteiger partial charge in [0, 0.05) is 51.0 Å². The first-order valence-electron chi connectivity index (χ1n) is 9.16. The third-order valence-corrected chi connectivity index (χ3v) is 5.20. The number of benzene rings is 1. The Morgan fingerprint density at radius 2 is 1.96 bits per heavy atom. The van der Waals surface area contributed by atoms with Crippen molar-refractivity contribution < 1.29 is 5.11 Å². The fourth-order valence-electron chi connectivity index (χ4n) is 3.77. The van der Waals surface area contributed by atoms with Gasteiger partial charge >= 0.3 is 0 Å². The van der Waals surface area contributed by atoms with Crippen LogP contribution in [0.2, 0.25) is 0 Å². The number of rotatable bonds is 5. The molecular formula is C19H31N3O. The summed E-state index contributed by atoms with van der Waals surface area (Å²) < 4.78 is 0. The molecule has 0 aliphatic carbocycles. The average Bonchev–Trinajstić information content (AvgIpc) is 2.59. The van der Waals surface area contributed by atoms with Crippen LogP contribution in [0.15, 0.2) is 18.2 Å². The first-order valence-corrected chi connectivity index (χ1v) is 9.16. The number of aliphatic hydroxyl groups is 1. The highest BCUT2D eigenvalue weighted by molar-refractivity contribution is 5.58. The summed E-state index contributed by atoms with van der Waals surface area (Å²) in [5.41, 5.74) is 3.85. The standard InChI is InChI=1S/C19H31N3O/c1-15(2)22-10-3-4-16-5-6-17(14-18(16)22)19(23)7-11-21-12-8-20-9-13-21/h5-6,14-15,19-20,23H,3-4,7-13H2,1-2H3. The smallest absolute Gasteiger partial charge is 0.0803 e. The summed E-state index contributed by atoms with van der Waals surface area (Å²) in [7, 11) is 0. The van der Waals surface area contributed by atoms with Crippen LogP contribution in [0.25, 0.3) is 0 Å². The summed E-state index contributed by atoms with van der Waals surface area (Å²) >= 11 is 0. The third kappa shape index (κ3) is 4.06. The van der Waals surface area contributed by atoms with Crippen molar-refractivity contribution in [2.24, 2.45) is 0 Å². The van der Waals surface area contributed by atoms with Crippen LogP contribution in [0.3, 0.4) is 0 Å². The lowest BCUT2D eigenvalue weighted by Gasteiger charge is -2.35. The van der Waals surface area contributed by atoms with Gasteiger partial charge in [-0.25, -0.2) is 0 Å². The molecule has 1 unspecified atom stereocenters. The topological polar surface area (TPSA) is 38.7 Å². The third-order valence-electron chi connectivity index (χ3n) is 5.20. The quantitative estimate of drug-likeness (QED) is 0.873. The van der Waals surface area contributed by atoms with Crippen LogP contribution >= 0.6 is 0 Å². The Morgan fingerprint density at radius 1 is 1.17 bits per heavy atom. The largest absolute Gasteiger partial charge is 0.388 e. The van der Waals surface area contributed by atoms with Crippen LogP contribution in [-0.2, 0) is 6.42 Å². The van der Waals surface area contributed by atoms with E-state index in [1.807, 2.05) is 0 Å². The van der Waals surface area contributed by atoms with E-state index in [0.29, 0.717) is 6.04 Å². The van der Waals surface area contributed by atoms with E-state index < -0.39 is 0 Å². The first-order chi connectivity index (χ1) is 11.1. The second kappa shape index (κ2) is 7.65. The number of aliphatic hydroxyl groups excluding tert-OH is 1. The zero-order chi connectivity index (χ0) is 16.2. The molecule has 2 N–H and O–H groups in total. The second-order valence-electron chi connectivity index (χ2n) is 7.17. The Hall–Kier alpha value is -1.10. The second-order valence-corrected chi connectivity index (χ2v) is 7.17. The molecule has 0 radical (unpaired) electrons. The van der Waals surface area contributed by atoms with Gasteiger partial charge in [0.05, 0.1) is 6.10 Å². The van der Waals surface area contributed by atoms with Crippen molar-refractivity contribution in [1.82, 2.24) is 10.2 Å². The van der Waals surface area contributed by atoms with Crippen LogP contribution in [-0.4, -0.2) is 55.3 Å². The highest BCUT2D eigenvalue weighted by Crippen LogP contribution is 2.32. The molecule has 0 saturated carbocycles. The molecule has 0 spiro atoms. The Morgan fingerprint density at radius 3 is 2.70 bits per heavy atom. The zero-order valence-corrected chi connectivity index (χ0v) is 14.6. The summed E-state index contributed by atoms with van der Waals surface area (Å²) in [5, 5.41) is 14.0. The molecule has 2 heterocycles. The predicted molar refractivity (Wildman–Crippen MR) is 96.1 cm³/mol. The van der Waals surface area contributed by atoms with Gasteiger partial charge in [-0.1, -0.05) is 12.1 Å². The lowest BCUT2D eigenvalue weighted by atomic mass is 9.96. The van der Waals surface area contributed by atoms with Gasteiger partial charge in [-0.2, -0.15) is 0 Å². The lowest BCUT2D eigenvalue weighted by molar-refractivity contribution is 0.136. The Bertz CT molecular complexity index is 511. The molecule has 1 atom stereocenters. The Labute approximate surface area is 140 Å². The molecule has 1 aromatic rings. The van der Waals surface area contributed by atoms with Crippen molar-refractivity contribution in [3.63, 3.8) is 0 Å². The minimum atomic E-state index is -0.355. The SMILES string of the molecule is CC(C)N1CCCc2ccc(C(O)CCN3CCNCC3)cc21. The summed E-state index contributed by atoms with van der Waals surface area (Å²) in [6, 6.07) is 7.11. The average molecular weight is 317 g/mol. The van der Waals surface area contributed by atoms with Gasteiger partial charge in [0.2, 0.25) is 0 Å². The first kappa shape index (κ1) is 16.7. The summed E-state index contributed by atoms with van der Waals surface area (Å²) in [6.07, 6.45) is 2.86. The number of aryl methyl sites for hydroxylation is 1. The predicted octanol–water partition coefficient (Wildman–Crippen LogP) is 2.18. The molecule has 2 aliphatic rings. The van der Waals surface area contributed by atoms with Crippen molar-refractivity contribution in [1.29, 1.82) is 0 Å². The van der Waals surface area contributed by atoms with Crippen LogP contribution in [0.4, 0.5) is 5.69 Å². The summed E-state index contributed by atoms with van der Waals surface area (Å²) in [6.45, 7) is 10.9. The van der Waals surface area contributed by atoms with Gasteiger partial charge in [-0.3, -0.25) is 0 Å². The molecule has 3 rings (SSSR count). The van der Waals surface area contributed by atoms with Crippen molar-refractivity contribution in [3.05, 3.63) is 29.3 Å². The van der Waals surface area contributed by atoms with E-state index in [1.54, 1.807) is 0 Å². The highest BCUT2D eigenvalue weighted by Gasteiger charge is 2.21. The van der Waals surface area contributed by atoms with Crippen LogP contribution in [0.1, 0.15) is 43.9 Å². The molecule has 4 nitrogen and oxygen atoms in total. The number of nitrogens with one attached hydrogen (secondary N) is 1. The van der Waals surface area contributed by atoms with Crippen molar-refractivity contribution >= 4 is 5.69 Å². The molecule has 0 bridgehead atoms. The van der Waals surface area contributed by atoms with E-state index in [-0.39, 0.29) is 6.10 Å². The molecule has 4 heteroatoms. The number of piperazine rings is 1. The minimum Gasteiger partial charge on any atom is -0.388 e. The van der Waals surface area contributed by atoms with Gasteiger partial charge in [-0.05, 0) is 50.3 Å².